The summed E-state index contributed by atoms with van der Waals surface area (Å²) in [5.41, 5.74) is 0. The number of hydrogen-bond acceptors (Lipinski definition) is 1. The van der Waals surface area contributed by atoms with Gasteiger partial charge in [0.2, 0.25) is 0 Å². The van der Waals surface area contributed by atoms with E-state index in [2.05, 4.69) is 12.8 Å². The van der Waals surface area contributed by atoms with E-state index in [0.29, 0.717) is 6.61 Å². The van der Waals surface area contributed by atoms with Gasteiger partial charge in [-0.25, -0.2) is 0 Å². The molecule has 0 atom stereocenters. The van der Waals surface area contributed by atoms with E-state index in [1.807, 2.05) is 0 Å². The van der Waals surface area contributed by atoms with E-state index in [-0.39, 0.29) is 0 Å². The lowest BCUT2D eigenvalue weighted by Crippen LogP contribution is -1.92. The fraction of sp³-hybridized carbons (Fsp3) is 0.571. The summed E-state index contributed by atoms with van der Waals surface area (Å²) in [6.07, 6.45) is 6.84. The van der Waals surface area contributed by atoms with E-state index < -0.39 is 0 Å². The summed E-state index contributed by atoms with van der Waals surface area (Å²) >= 11 is 0. The summed E-state index contributed by atoms with van der Waals surface area (Å²) in [5.74, 6) is 2.38. The lowest BCUT2D eigenvalue weighted by atomic mass is 10.4. The first-order valence-corrected chi connectivity index (χ1v) is 2.72. The molecule has 0 saturated heterocycles. The Kier molecular flexibility index (Phi) is 6.13. The zero-order chi connectivity index (χ0) is 6.24. The molecular weight excluding hydrogens is 100 g/mol. The quantitative estimate of drug-likeness (QED) is 0.392. The summed E-state index contributed by atoms with van der Waals surface area (Å²) in [6.45, 7) is 4.83. The lowest BCUT2D eigenvalue weighted by molar-refractivity contribution is 0.165. The van der Waals surface area contributed by atoms with Gasteiger partial charge in [-0.2, -0.15) is 0 Å². The molecule has 0 aliphatic rings. The van der Waals surface area contributed by atoms with E-state index in [1.54, 1.807) is 0 Å². The number of hydrogen-bond donors (Lipinski definition) is 0. The Bertz CT molecular complexity index is 70.9. The summed E-state index contributed by atoms with van der Waals surface area (Å²) in [4.78, 5) is 0. The largest absolute Gasteiger partial charge is 0.369 e. The smallest absolute Gasteiger partial charge is 0.107 e. The zero-order valence-corrected chi connectivity index (χ0v) is 5.02. The van der Waals surface area contributed by atoms with Gasteiger partial charge < -0.3 is 4.74 Å². The third kappa shape index (κ3) is 5.52. The molecule has 0 unspecified atom stereocenters. The van der Waals surface area contributed by atoms with Crippen LogP contribution in [0.2, 0.25) is 0 Å². The third-order valence-electron chi connectivity index (χ3n) is 0.724. The molecular formula is C7H11O. The molecule has 0 saturated carbocycles. The highest BCUT2D eigenvalue weighted by Crippen LogP contribution is 1.85. The second kappa shape index (κ2) is 6.52. The Morgan fingerprint density at radius 2 is 2.38 bits per heavy atom. The molecule has 0 aromatic rings. The van der Waals surface area contributed by atoms with Crippen molar-refractivity contribution in [2.75, 3.05) is 13.2 Å². The molecule has 0 bridgehead atoms. The Balaban J connectivity index is 2.65. The van der Waals surface area contributed by atoms with Gasteiger partial charge in [-0.05, 0) is 6.42 Å². The Morgan fingerprint density at radius 1 is 1.62 bits per heavy atom. The van der Waals surface area contributed by atoms with Gasteiger partial charge >= 0.3 is 0 Å². The average Bonchev–Trinajstić information content (AvgIpc) is 1.81. The van der Waals surface area contributed by atoms with Crippen molar-refractivity contribution in [1.82, 2.24) is 0 Å². The molecule has 1 radical (unpaired) electrons. The van der Waals surface area contributed by atoms with E-state index in [9.17, 15) is 0 Å². The molecule has 8 heavy (non-hydrogen) atoms. The number of unbranched alkanes of at least 4 members (excludes halogenated alkanes) is 1. The highest BCUT2D eigenvalue weighted by atomic mass is 16.5. The second-order valence-corrected chi connectivity index (χ2v) is 1.46. The molecule has 1 heteroatoms. The minimum Gasteiger partial charge on any atom is -0.369 e. The van der Waals surface area contributed by atoms with Gasteiger partial charge in [-0.1, -0.05) is 19.3 Å². The van der Waals surface area contributed by atoms with Gasteiger partial charge in [0.05, 0.1) is 0 Å². The molecule has 0 heterocycles. The van der Waals surface area contributed by atoms with Crippen LogP contribution in [0.4, 0.5) is 0 Å². The zero-order valence-electron chi connectivity index (χ0n) is 5.02. The van der Waals surface area contributed by atoms with Crippen molar-refractivity contribution in [3.63, 3.8) is 0 Å². The number of ether oxygens (including phenoxy) is 1. The minimum atomic E-state index is 0.431. The van der Waals surface area contributed by atoms with Crippen LogP contribution in [-0.2, 0) is 4.74 Å². The highest BCUT2D eigenvalue weighted by Gasteiger charge is 1.80. The molecule has 0 aliphatic carbocycles. The van der Waals surface area contributed by atoms with E-state index in [0.717, 1.165) is 19.4 Å². The summed E-state index contributed by atoms with van der Waals surface area (Å²) < 4.78 is 4.95. The maximum Gasteiger partial charge on any atom is 0.107 e. The Labute approximate surface area is 51.0 Å². The van der Waals surface area contributed by atoms with Crippen LogP contribution < -0.4 is 0 Å². The van der Waals surface area contributed by atoms with Crippen LogP contribution in [0.3, 0.4) is 0 Å². The predicted molar refractivity (Wildman–Crippen MR) is 34.2 cm³/mol. The van der Waals surface area contributed by atoms with Crippen LogP contribution in [-0.4, -0.2) is 13.2 Å². The van der Waals surface area contributed by atoms with E-state index >= 15 is 0 Å². The summed E-state index contributed by atoms with van der Waals surface area (Å²) in [5, 5.41) is 0. The maximum absolute atomic E-state index is 4.95. The monoisotopic (exact) mass is 111 g/mol. The fourth-order valence-electron chi connectivity index (χ4n) is 0.335. The van der Waals surface area contributed by atoms with Crippen molar-refractivity contribution in [3.8, 4) is 12.3 Å². The van der Waals surface area contributed by atoms with Crippen molar-refractivity contribution in [3.05, 3.63) is 6.92 Å². The van der Waals surface area contributed by atoms with E-state index in [1.165, 1.54) is 0 Å². The van der Waals surface area contributed by atoms with Crippen LogP contribution in [0.15, 0.2) is 0 Å². The van der Waals surface area contributed by atoms with Crippen molar-refractivity contribution in [2.24, 2.45) is 0 Å². The van der Waals surface area contributed by atoms with E-state index in [4.69, 9.17) is 11.2 Å². The minimum absolute atomic E-state index is 0.431. The van der Waals surface area contributed by atoms with Gasteiger partial charge in [0.15, 0.2) is 0 Å². The van der Waals surface area contributed by atoms with Crippen LogP contribution in [0.5, 0.6) is 0 Å². The number of terminal acetylenes is 1. The van der Waals surface area contributed by atoms with Gasteiger partial charge in [-0.3, -0.25) is 0 Å². The normalized spacial score (nSPS) is 8.50. The van der Waals surface area contributed by atoms with Crippen LogP contribution >= 0.6 is 0 Å². The molecule has 0 amide bonds. The van der Waals surface area contributed by atoms with Crippen LogP contribution in [0, 0.1) is 19.3 Å². The van der Waals surface area contributed by atoms with Gasteiger partial charge in [0.25, 0.3) is 0 Å². The highest BCUT2D eigenvalue weighted by molar-refractivity contribution is 4.82. The first-order valence-electron chi connectivity index (χ1n) is 2.72. The maximum atomic E-state index is 4.95. The SMILES string of the molecule is C#CCOCCC[CH2]. The van der Waals surface area contributed by atoms with Crippen LogP contribution in [0.25, 0.3) is 0 Å². The van der Waals surface area contributed by atoms with Gasteiger partial charge in [0.1, 0.15) is 6.61 Å². The topological polar surface area (TPSA) is 9.23 Å². The number of rotatable bonds is 4. The molecule has 45 valence electrons. The molecule has 1 nitrogen and oxygen atoms in total. The van der Waals surface area contributed by atoms with Crippen molar-refractivity contribution >= 4 is 0 Å². The average molecular weight is 111 g/mol. The molecule has 0 N–H and O–H groups in total. The third-order valence-corrected chi connectivity index (χ3v) is 0.724. The fourth-order valence-corrected chi connectivity index (χ4v) is 0.335. The van der Waals surface area contributed by atoms with Crippen molar-refractivity contribution in [1.29, 1.82) is 0 Å². The molecule has 0 aliphatic heterocycles. The molecule has 0 rings (SSSR count). The summed E-state index contributed by atoms with van der Waals surface area (Å²) in [7, 11) is 0. The van der Waals surface area contributed by atoms with Crippen LogP contribution in [0.1, 0.15) is 12.8 Å². The first kappa shape index (κ1) is 7.52. The van der Waals surface area contributed by atoms with Crippen molar-refractivity contribution in [2.45, 2.75) is 12.8 Å². The molecule has 0 aromatic heterocycles. The molecule has 0 aromatic carbocycles. The Morgan fingerprint density at radius 3 is 2.88 bits per heavy atom. The lowest BCUT2D eigenvalue weighted by Gasteiger charge is -1.94. The first-order chi connectivity index (χ1) is 3.91. The Hall–Kier alpha value is -0.480. The second-order valence-electron chi connectivity index (χ2n) is 1.46. The standard InChI is InChI=1S/C7H11O/c1-3-5-7-8-6-4-2/h2H,1,3,5-7H2. The molecule has 0 fully saturated rings. The van der Waals surface area contributed by atoms with Crippen molar-refractivity contribution < 1.29 is 4.74 Å². The molecule has 0 spiro atoms. The van der Waals surface area contributed by atoms with Gasteiger partial charge in [0, 0.05) is 6.61 Å². The van der Waals surface area contributed by atoms with Gasteiger partial charge in [-0.15, -0.1) is 6.42 Å². The predicted octanol–water partition coefficient (Wildman–Crippen LogP) is 1.25. The summed E-state index contributed by atoms with van der Waals surface area (Å²) in [6, 6.07) is 0.